The van der Waals surface area contributed by atoms with Crippen molar-refractivity contribution in [3.8, 4) is 11.5 Å². The van der Waals surface area contributed by atoms with Gasteiger partial charge in [-0.15, -0.1) is 0 Å². The number of aromatic hydroxyl groups is 2. The molecule has 1 aromatic heterocycles. The molecule has 0 spiro atoms. The lowest BCUT2D eigenvalue weighted by Crippen LogP contribution is -2.18. The Kier molecular flexibility index (Phi) is 4.87. The Hall–Kier alpha value is -1.46. The van der Waals surface area contributed by atoms with Crippen molar-refractivity contribution in [2.45, 2.75) is 39.3 Å². The number of nitrogens with zero attached hydrogens (tertiary/aromatic N) is 1. The summed E-state index contributed by atoms with van der Waals surface area (Å²) in [7, 11) is 1.94. The minimum Gasteiger partial charge on any atom is -0.504 e. The van der Waals surface area contributed by atoms with Crippen molar-refractivity contribution in [1.82, 2.24) is 4.90 Å². The molecule has 0 radical (unpaired) electrons. The van der Waals surface area contributed by atoms with Gasteiger partial charge in [0.2, 0.25) is 0 Å². The molecule has 4 nitrogen and oxygen atoms in total. The van der Waals surface area contributed by atoms with Crippen molar-refractivity contribution in [2.75, 3.05) is 7.05 Å². The van der Waals surface area contributed by atoms with Gasteiger partial charge in [0.1, 0.15) is 5.76 Å². The number of phenolic OH excluding ortho intramolecular Hbond substituents is 2. The molecule has 1 aromatic carbocycles. The average molecular weight is 368 g/mol. The number of benzene rings is 1. The predicted molar refractivity (Wildman–Crippen MR) is 90.1 cm³/mol. The highest BCUT2D eigenvalue weighted by Crippen LogP contribution is 2.35. The molecular weight excluding hydrogens is 346 g/mol. The number of phenols is 2. The summed E-state index contributed by atoms with van der Waals surface area (Å²) in [5.41, 5.74) is 1.61. The molecule has 5 heteroatoms. The van der Waals surface area contributed by atoms with Crippen LogP contribution in [0.2, 0.25) is 0 Å². The highest BCUT2D eigenvalue weighted by Gasteiger charge is 2.19. The molecule has 0 saturated carbocycles. The van der Waals surface area contributed by atoms with Crippen LogP contribution in [-0.4, -0.2) is 22.2 Å². The minimum absolute atomic E-state index is 0.0551. The monoisotopic (exact) mass is 367 g/mol. The zero-order valence-electron chi connectivity index (χ0n) is 13.4. The number of hydrogen-bond donors (Lipinski definition) is 2. The van der Waals surface area contributed by atoms with Crippen LogP contribution in [0.5, 0.6) is 11.5 Å². The maximum atomic E-state index is 10.1. The fourth-order valence-corrected chi connectivity index (χ4v) is 2.62. The van der Waals surface area contributed by atoms with Gasteiger partial charge in [0.15, 0.2) is 16.2 Å². The molecule has 22 heavy (non-hydrogen) atoms. The fraction of sp³-hybridized carbons (Fsp3) is 0.412. The van der Waals surface area contributed by atoms with Gasteiger partial charge in [-0.25, -0.2) is 0 Å². The second-order valence-electron chi connectivity index (χ2n) is 6.63. The molecule has 2 aromatic rings. The van der Waals surface area contributed by atoms with Gasteiger partial charge in [-0.2, -0.15) is 0 Å². The Morgan fingerprint density at radius 1 is 1.14 bits per heavy atom. The van der Waals surface area contributed by atoms with Crippen LogP contribution >= 0.6 is 15.9 Å². The molecule has 1 heterocycles. The van der Waals surface area contributed by atoms with Crippen molar-refractivity contribution in [3.05, 3.63) is 45.8 Å². The summed E-state index contributed by atoms with van der Waals surface area (Å²) in [6.45, 7) is 7.36. The normalized spacial score (nSPS) is 12.1. The fourth-order valence-electron chi connectivity index (χ4n) is 2.28. The largest absolute Gasteiger partial charge is 0.504 e. The number of hydrogen-bond acceptors (Lipinski definition) is 4. The van der Waals surface area contributed by atoms with Crippen LogP contribution in [0.4, 0.5) is 0 Å². The lowest BCUT2D eigenvalue weighted by atomic mass is 9.85. The maximum absolute atomic E-state index is 10.1. The third-order valence-electron chi connectivity index (χ3n) is 3.53. The summed E-state index contributed by atoms with van der Waals surface area (Å²) in [6, 6.07) is 7.34. The highest BCUT2D eigenvalue weighted by molar-refractivity contribution is 9.10. The molecule has 0 saturated heterocycles. The van der Waals surface area contributed by atoms with E-state index in [0.717, 1.165) is 11.3 Å². The summed E-state index contributed by atoms with van der Waals surface area (Å²) in [4.78, 5) is 2.02. The van der Waals surface area contributed by atoms with Gasteiger partial charge in [-0.3, -0.25) is 4.90 Å². The first kappa shape index (κ1) is 16.9. The van der Waals surface area contributed by atoms with E-state index >= 15 is 0 Å². The van der Waals surface area contributed by atoms with E-state index in [1.54, 1.807) is 6.07 Å². The molecule has 0 aliphatic heterocycles. The molecule has 120 valence electrons. The Bertz CT molecular complexity index is 658. The molecular formula is C17H22BrNO3. The van der Waals surface area contributed by atoms with E-state index < -0.39 is 0 Å². The average Bonchev–Trinajstić information content (AvgIpc) is 2.78. The van der Waals surface area contributed by atoms with Gasteiger partial charge in [0.05, 0.1) is 6.54 Å². The van der Waals surface area contributed by atoms with Crippen LogP contribution in [-0.2, 0) is 18.5 Å². The van der Waals surface area contributed by atoms with Crippen LogP contribution in [0.1, 0.15) is 37.7 Å². The van der Waals surface area contributed by atoms with E-state index in [-0.39, 0.29) is 16.9 Å². The molecule has 0 bridgehead atoms. The lowest BCUT2D eigenvalue weighted by Gasteiger charge is -2.23. The van der Waals surface area contributed by atoms with Gasteiger partial charge >= 0.3 is 0 Å². The number of rotatable bonds is 4. The molecule has 0 atom stereocenters. The van der Waals surface area contributed by atoms with Crippen molar-refractivity contribution >= 4 is 15.9 Å². The first-order valence-corrected chi connectivity index (χ1v) is 7.94. The smallest absolute Gasteiger partial charge is 0.169 e. The van der Waals surface area contributed by atoms with Gasteiger partial charge < -0.3 is 14.6 Å². The highest BCUT2D eigenvalue weighted by atomic mass is 79.9. The molecule has 2 rings (SSSR count). The summed E-state index contributed by atoms with van der Waals surface area (Å²) in [5.74, 6) is 0.710. The second kappa shape index (κ2) is 6.34. The summed E-state index contributed by atoms with van der Waals surface area (Å²) in [5, 5.41) is 20.1. The quantitative estimate of drug-likeness (QED) is 0.787. The first-order chi connectivity index (χ1) is 10.2. The standard InChI is InChI=1S/C17H22BrNO3/c1-17(2,3)12-7-11(16(21)14(20)8-12)9-19(4)10-13-5-6-15(18)22-13/h5-8,20-21H,9-10H2,1-4H3. The van der Waals surface area contributed by atoms with E-state index in [9.17, 15) is 10.2 Å². The number of halogens is 1. The molecule has 0 amide bonds. The summed E-state index contributed by atoms with van der Waals surface area (Å²) >= 11 is 3.28. The Balaban J connectivity index is 2.19. The second-order valence-corrected chi connectivity index (χ2v) is 7.41. The zero-order valence-corrected chi connectivity index (χ0v) is 14.9. The van der Waals surface area contributed by atoms with Crippen molar-refractivity contribution in [2.24, 2.45) is 0 Å². The predicted octanol–water partition coefficient (Wildman–Crippen LogP) is 4.38. The van der Waals surface area contributed by atoms with Crippen LogP contribution in [0.25, 0.3) is 0 Å². The Labute approximate surface area is 139 Å². The van der Waals surface area contributed by atoms with Gasteiger partial charge in [-0.05, 0) is 52.2 Å². The zero-order chi connectivity index (χ0) is 16.5. The third kappa shape index (κ3) is 4.05. The van der Waals surface area contributed by atoms with Crippen molar-refractivity contribution in [1.29, 1.82) is 0 Å². The van der Waals surface area contributed by atoms with E-state index in [1.807, 2.05) is 30.1 Å². The Morgan fingerprint density at radius 3 is 2.36 bits per heavy atom. The lowest BCUT2D eigenvalue weighted by molar-refractivity contribution is 0.279. The van der Waals surface area contributed by atoms with Gasteiger partial charge in [0, 0.05) is 12.1 Å². The molecule has 0 fully saturated rings. The summed E-state index contributed by atoms with van der Waals surface area (Å²) in [6.07, 6.45) is 0. The Morgan fingerprint density at radius 2 is 1.82 bits per heavy atom. The van der Waals surface area contributed by atoms with Gasteiger partial charge in [0.25, 0.3) is 0 Å². The van der Waals surface area contributed by atoms with Crippen LogP contribution in [0, 0.1) is 0 Å². The molecule has 0 aliphatic carbocycles. The third-order valence-corrected chi connectivity index (χ3v) is 3.96. The van der Waals surface area contributed by atoms with Crippen LogP contribution in [0.3, 0.4) is 0 Å². The molecule has 0 unspecified atom stereocenters. The molecule has 2 N–H and O–H groups in total. The van der Waals surface area contributed by atoms with E-state index in [2.05, 4.69) is 36.7 Å². The van der Waals surface area contributed by atoms with E-state index in [0.29, 0.717) is 23.3 Å². The summed E-state index contributed by atoms with van der Waals surface area (Å²) < 4.78 is 6.19. The van der Waals surface area contributed by atoms with Gasteiger partial charge in [-0.1, -0.05) is 26.8 Å². The van der Waals surface area contributed by atoms with Crippen molar-refractivity contribution in [3.63, 3.8) is 0 Å². The van der Waals surface area contributed by atoms with Crippen molar-refractivity contribution < 1.29 is 14.6 Å². The first-order valence-electron chi connectivity index (χ1n) is 7.15. The maximum Gasteiger partial charge on any atom is 0.169 e. The topological polar surface area (TPSA) is 56.8 Å². The molecule has 0 aliphatic rings. The number of furan rings is 1. The van der Waals surface area contributed by atoms with E-state index in [4.69, 9.17) is 4.42 Å². The van der Waals surface area contributed by atoms with E-state index in [1.165, 1.54) is 0 Å². The van der Waals surface area contributed by atoms with Crippen LogP contribution in [0.15, 0.2) is 33.4 Å². The SMILES string of the molecule is CN(Cc1ccc(Br)o1)Cc1cc(C(C)(C)C)cc(O)c1O. The van der Waals surface area contributed by atoms with Crippen LogP contribution < -0.4 is 0 Å². The minimum atomic E-state index is -0.0929.